The second-order valence-corrected chi connectivity index (χ2v) is 7.56. The fourth-order valence-electron chi connectivity index (χ4n) is 1.97. The van der Waals surface area contributed by atoms with E-state index < -0.39 is 4.33 Å². The van der Waals surface area contributed by atoms with Gasteiger partial charge in [0.25, 0.3) is 0 Å². The molecule has 2 aromatic rings. The third-order valence-electron chi connectivity index (χ3n) is 3.25. The van der Waals surface area contributed by atoms with Crippen LogP contribution in [0.5, 0.6) is 0 Å². The molecule has 0 aliphatic heterocycles. The van der Waals surface area contributed by atoms with Crippen molar-refractivity contribution in [3.05, 3.63) is 46.7 Å². The number of aromatic nitrogens is 1. The van der Waals surface area contributed by atoms with Gasteiger partial charge in [0.15, 0.2) is 5.13 Å². The van der Waals surface area contributed by atoms with Crippen LogP contribution in [0.1, 0.15) is 16.9 Å². The second-order valence-electron chi connectivity index (χ2n) is 4.91. The maximum atomic E-state index is 13.6. The van der Waals surface area contributed by atoms with Gasteiger partial charge in [-0.1, -0.05) is 18.2 Å². The highest BCUT2D eigenvalue weighted by Gasteiger charge is 2.56. The summed E-state index contributed by atoms with van der Waals surface area (Å²) in [5, 5.41) is 3.16. The van der Waals surface area contributed by atoms with Crippen LogP contribution in [0.2, 0.25) is 0 Å². The number of benzene rings is 1. The molecule has 7 heteroatoms. The first-order chi connectivity index (χ1) is 9.95. The minimum atomic E-state index is -0.947. The summed E-state index contributed by atoms with van der Waals surface area (Å²) < 4.78 is 12.6. The van der Waals surface area contributed by atoms with E-state index in [0.717, 1.165) is 4.88 Å². The first-order valence-corrected chi connectivity index (χ1v) is 7.90. The van der Waals surface area contributed by atoms with Gasteiger partial charge in [0.1, 0.15) is 10.2 Å². The Morgan fingerprint density at radius 1 is 1.48 bits per heavy atom. The lowest BCUT2D eigenvalue weighted by molar-refractivity contribution is -0.117. The summed E-state index contributed by atoms with van der Waals surface area (Å²) in [5.41, 5.74) is 0.599. The van der Waals surface area contributed by atoms with Gasteiger partial charge in [-0.3, -0.25) is 4.79 Å². The van der Waals surface area contributed by atoms with Crippen LogP contribution in [0.4, 0.5) is 9.52 Å². The summed E-state index contributed by atoms with van der Waals surface area (Å²) >= 11 is 13.0. The van der Waals surface area contributed by atoms with E-state index in [1.807, 2.05) is 0 Å². The zero-order chi connectivity index (χ0) is 15.0. The van der Waals surface area contributed by atoms with Crippen molar-refractivity contribution in [2.24, 2.45) is 5.92 Å². The third kappa shape index (κ3) is 3.36. The molecule has 1 N–H and O–H groups in total. The average molecular weight is 345 g/mol. The molecule has 0 saturated heterocycles. The number of carbonyl (C=O) groups is 1. The number of rotatable bonds is 4. The third-order valence-corrected chi connectivity index (χ3v) is 5.00. The molecule has 1 atom stereocenters. The number of nitrogens with zero attached hydrogens (tertiary/aromatic N) is 1. The molecule has 1 aromatic heterocycles. The Hall–Kier alpha value is -1.17. The quantitative estimate of drug-likeness (QED) is 0.851. The van der Waals surface area contributed by atoms with Crippen LogP contribution in [-0.4, -0.2) is 15.2 Å². The zero-order valence-corrected chi connectivity index (χ0v) is 13.1. The van der Waals surface area contributed by atoms with Crippen LogP contribution in [-0.2, 0) is 11.2 Å². The van der Waals surface area contributed by atoms with E-state index in [4.69, 9.17) is 23.2 Å². The van der Waals surface area contributed by atoms with Crippen molar-refractivity contribution in [3.63, 3.8) is 0 Å². The number of amides is 1. The SMILES string of the molecule is O=C(Nc1ncc(Cc2ccccc2F)s1)C1CC1(Cl)Cl. The zero-order valence-electron chi connectivity index (χ0n) is 10.8. The predicted molar refractivity (Wildman–Crippen MR) is 82.5 cm³/mol. The Balaban J connectivity index is 1.64. The van der Waals surface area contributed by atoms with E-state index >= 15 is 0 Å². The molecule has 3 nitrogen and oxygen atoms in total. The van der Waals surface area contributed by atoms with E-state index in [1.165, 1.54) is 17.4 Å². The first-order valence-electron chi connectivity index (χ1n) is 6.32. The lowest BCUT2D eigenvalue weighted by atomic mass is 10.1. The number of hydrogen-bond donors (Lipinski definition) is 1. The summed E-state index contributed by atoms with van der Waals surface area (Å²) in [7, 11) is 0. The summed E-state index contributed by atoms with van der Waals surface area (Å²) in [6, 6.07) is 6.59. The summed E-state index contributed by atoms with van der Waals surface area (Å²) in [4.78, 5) is 16.8. The molecule has 1 heterocycles. The van der Waals surface area contributed by atoms with Gasteiger partial charge >= 0.3 is 0 Å². The van der Waals surface area contributed by atoms with E-state index in [-0.39, 0.29) is 17.6 Å². The molecule has 21 heavy (non-hydrogen) atoms. The number of hydrogen-bond acceptors (Lipinski definition) is 3. The van der Waals surface area contributed by atoms with Crippen LogP contribution in [0.3, 0.4) is 0 Å². The Morgan fingerprint density at radius 2 is 2.19 bits per heavy atom. The van der Waals surface area contributed by atoms with Gasteiger partial charge in [0.05, 0.1) is 5.92 Å². The molecular weight excluding hydrogens is 334 g/mol. The van der Waals surface area contributed by atoms with Crippen molar-refractivity contribution in [3.8, 4) is 0 Å². The molecular formula is C14H11Cl2FN2OS. The van der Waals surface area contributed by atoms with Crippen LogP contribution in [0.15, 0.2) is 30.5 Å². The minimum absolute atomic E-state index is 0.230. The van der Waals surface area contributed by atoms with Crippen molar-refractivity contribution >= 4 is 45.6 Å². The van der Waals surface area contributed by atoms with Crippen LogP contribution >= 0.6 is 34.5 Å². The van der Waals surface area contributed by atoms with Gasteiger partial charge in [-0.05, 0) is 18.1 Å². The van der Waals surface area contributed by atoms with Crippen molar-refractivity contribution in [2.45, 2.75) is 17.2 Å². The lowest BCUT2D eigenvalue weighted by Gasteiger charge is -2.01. The van der Waals surface area contributed by atoms with Crippen LogP contribution < -0.4 is 5.32 Å². The van der Waals surface area contributed by atoms with Crippen molar-refractivity contribution < 1.29 is 9.18 Å². The number of anilines is 1. The van der Waals surface area contributed by atoms with Gasteiger partial charge in [-0.25, -0.2) is 9.37 Å². The van der Waals surface area contributed by atoms with Gasteiger partial charge in [-0.2, -0.15) is 0 Å². The molecule has 3 rings (SSSR count). The van der Waals surface area contributed by atoms with Crippen molar-refractivity contribution in [1.29, 1.82) is 0 Å². The number of alkyl halides is 2. The van der Waals surface area contributed by atoms with Crippen molar-refractivity contribution in [1.82, 2.24) is 4.98 Å². The van der Waals surface area contributed by atoms with E-state index in [1.54, 1.807) is 24.4 Å². The highest BCUT2D eigenvalue weighted by atomic mass is 35.5. The van der Waals surface area contributed by atoms with E-state index in [0.29, 0.717) is 23.5 Å². The maximum absolute atomic E-state index is 13.6. The molecule has 1 amide bonds. The normalized spacial score (nSPS) is 19.3. The van der Waals surface area contributed by atoms with E-state index in [9.17, 15) is 9.18 Å². The molecule has 1 aliphatic rings. The summed E-state index contributed by atoms with van der Waals surface area (Å²) in [6.45, 7) is 0. The second kappa shape index (κ2) is 5.55. The lowest BCUT2D eigenvalue weighted by Crippen LogP contribution is -2.16. The summed E-state index contributed by atoms with van der Waals surface area (Å²) in [5.74, 6) is -0.866. The van der Waals surface area contributed by atoms with Crippen LogP contribution in [0, 0.1) is 11.7 Å². The van der Waals surface area contributed by atoms with E-state index in [2.05, 4.69) is 10.3 Å². The minimum Gasteiger partial charge on any atom is -0.302 e. The number of thiazole rings is 1. The fourth-order valence-corrected chi connectivity index (χ4v) is 3.31. The fraction of sp³-hybridized carbons (Fsp3) is 0.286. The molecule has 1 saturated carbocycles. The summed E-state index contributed by atoms with van der Waals surface area (Å²) in [6.07, 6.45) is 2.53. The first kappa shape index (κ1) is 14.8. The Labute approximate surface area is 135 Å². The molecule has 0 spiro atoms. The number of nitrogens with one attached hydrogen (secondary N) is 1. The molecule has 0 radical (unpaired) electrons. The molecule has 0 bridgehead atoms. The largest absolute Gasteiger partial charge is 0.302 e. The molecule has 1 fully saturated rings. The average Bonchev–Trinajstić information content (AvgIpc) is 2.86. The highest BCUT2D eigenvalue weighted by Crippen LogP contribution is 2.53. The molecule has 1 unspecified atom stereocenters. The Bertz CT molecular complexity index is 689. The maximum Gasteiger partial charge on any atom is 0.232 e. The highest BCUT2D eigenvalue weighted by molar-refractivity contribution is 7.15. The Kier molecular flexibility index (Phi) is 3.90. The van der Waals surface area contributed by atoms with Gasteiger partial charge in [0, 0.05) is 17.5 Å². The number of carbonyl (C=O) groups excluding carboxylic acids is 1. The monoisotopic (exact) mass is 344 g/mol. The number of halogens is 3. The van der Waals surface area contributed by atoms with Crippen LogP contribution in [0.25, 0.3) is 0 Å². The van der Waals surface area contributed by atoms with Gasteiger partial charge in [0.2, 0.25) is 5.91 Å². The smallest absolute Gasteiger partial charge is 0.232 e. The molecule has 1 aromatic carbocycles. The standard InChI is InChI=1S/C14H11Cl2FN2OS/c15-14(16)6-10(14)12(20)19-13-18-7-9(21-13)5-8-3-1-2-4-11(8)17/h1-4,7,10H,5-6H2,(H,18,19,20). The van der Waals surface area contributed by atoms with Crippen molar-refractivity contribution in [2.75, 3.05) is 5.32 Å². The van der Waals surface area contributed by atoms with Gasteiger partial charge < -0.3 is 5.32 Å². The predicted octanol–water partition coefficient (Wildman–Crippen LogP) is 4.01. The topological polar surface area (TPSA) is 42.0 Å². The Morgan fingerprint density at radius 3 is 2.86 bits per heavy atom. The molecule has 110 valence electrons. The van der Waals surface area contributed by atoms with Gasteiger partial charge in [-0.15, -0.1) is 34.5 Å². The molecule has 1 aliphatic carbocycles.